The van der Waals surface area contributed by atoms with Crippen LogP contribution in [0.25, 0.3) is 5.69 Å². The highest BCUT2D eigenvalue weighted by Crippen LogP contribution is 2.19. The Morgan fingerprint density at radius 1 is 1.27 bits per heavy atom. The zero-order valence-corrected chi connectivity index (χ0v) is 15.1. The van der Waals surface area contributed by atoms with Gasteiger partial charge in [-0.25, -0.2) is 0 Å². The van der Waals surface area contributed by atoms with Gasteiger partial charge in [-0.1, -0.05) is 22.0 Å². The van der Waals surface area contributed by atoms with Crippen LogP contribution in [0.4, 0.5) is 5.69 Å². The Balaban J connectivity index is 1.78. The van der Waals surface area contributed by atoms with Gasteiger partial charge in [0.2, 0.25) is 0 Å². The second-order valence-electron chi connectivity index (χ2n) is 5.43. The minimum Gasteiger partial charge on any atom is -0.342 e. The van der Waals surface area contributed by atoms with Crippen LogP contribution in [0.3, 0.4) is 0 Å². The fourth-order valence-corrected chi connectivity index (χ4v) is 2.72. The number of nitro benzene ring substituents is 1. The van der Waals surface area contributed by atoms with Crippen LogP contribution in [-0.2, 0) is 0 Å². The number of hydrogen-bond donors (Lipinski definition) is 1. The minimum atomic E-state index is -0.517. The number of nitrogens with zero attached hydrogens (tertiary/aromatic N) is 5. The Kier molecular flexibility index (Phi) is 5.03. The van der Waals surface area contributed by atoms with Crippen molar-refractivity contribution in [3.63, 3.8) is 0 Å². The fourth-order valence-electron chi connectivity index (χ4n) is 2.33. The third-order valence-electron chi connectivity index (χ3n) is 3.62. The molecular formula is C16H13BrN6O3. The molecular weight excluding hydrogens is 404 g/mol. The lowest BCUT2D eigenvalue weighted by atomic mass is 10.2. The number of carbonyl (C=O) groups excluding carboxylic acids is 1. The van der Waals surface area contributed by atoms with Crippen molar-refractivity contribution in [2.75, 3.05) is 0 Å². The van der Waals surface area contributed by atoms with Crippen molar-refractivity contribution in [3.8, 4) is 5.69 Å². The third kappa shape index (κ3) is 3.75. The molecule has 0 aliphatic rings. The number of non-ortho nitro benzene ring substituents is 1. The smallest absolute Gasteiger partial charge is 0.269 e. The molecule has 1 unspecified atom stereocenters. The molecule has 1 amide bonds. The maximum absolute atomic E-state index is 12.4. The molecule has 0 saturated carbocycles. The highest BCUT2D eigenvalue weighted by atomic mass is 79.9. The summed E-state index contributed by atoms with van der Waals surface area (Å²) in [6.45, 7) is 1.75. The molecule has 0 saturated heterocycles. The Hall–Kier alpha value is -3.14. The van der Waals surface area contributed by atoms with Gasteiger partial charge in [0, 0.05) is 22.2 Å². The molecule has 26 heavy (non-hydrogen) atoms. The molecule has 2 aromatic carbocycles. The summed E-state index contributed by atoms with van der Waals surface area (Å²) in [5.74, 6) is 0.0783. The average molecular weight is 417 g/mol. The van der Waals surface area contributed by atoms with Crippen molar-refractivity contribution < 1.29 is 9.72 Å². The zero-order valence-electron chi connectivity index (χ0n) is 13.5. The molecule has 9 nitrogen and oxygen atoms in total. The lowest BCUT2D eigenvalue weighted by Gasteiger charge is -2.14. The summed E-state index contributed by atoms with van der Waals surface area (Å²) in [4.78, 5) is 22.5. The number of amides is 1. The van der Waals surface area contributed by atoms with E-state index in [0.717, 1.165) is 10.2 Å². The maximum Gasteiger partial charge on any atom is 0.269 e. The van der Waals surface area contributed by atoms with Crippen molar-refractivity contribution in [1.29, 1.82) is 0 Å². The van der Waals surface area contributed by atoms with Crippen molar-refractivity contribution in [2.24, 2.45) is 0 Å². The molecule has 0 bridgehead atoms. The molecule has 3 aromatic rings. The normalized spacial score (nSPS) is 11.8. The number of tetrazole rings is 1. The van der Waals surface area contributed by atoms with E-state index in [1.807, 2.05) is 24.3 Å². The number of nitrogens with one attached hydrogen (secondary N) is 1. The van der Waals surface area contributed by atoms with Crippen molar-refractivity contribution >= 4 is 27.5 Å². The Bertz CT molecular complexity index is 957. The summed E-state index contributed by atoms with van der Waals surface area (Å²) in [5.41, 5.74) is 0.980. The Morgan fingerprint density at radius 2 is 2.00 bits per heavy atom. The quantitative estimate of drug-likeness (QED) is 0.504. The molecule has 0 aliphatic carbocycles. The first-order chi connectivity index (χ1) is 12.5. The summed E-state index contributed by atoms with van der Waals surface area (Å²) >= 11 is 3.40. The van der Waals surface area contributed by atoms with E-state index in [0.29, 0.717) is 11.4 Å². The van der Waals surface area contributed by atoms with Gasteiger partial charge >= 0.3 is 0 Å². The number of nitro groups is 1. The molecule has 0 fully saturated rings. The first-order valence-corrected chi connectivity index (χ1v) is 8.34. The van der Waals surface area contributed by atoms with E-state index in [4.69, 9.17) is 0 Å². The second kappa shape index (κ2) is 7.40. The third-order valence-corrected chi connectivity index (χ3v) is 4.11. The van der Waals surface area contributed by atoms with Gasteiger partial charge in [-0.05, 0) is 47.7 Å². The van der Waals surface area contributed by atoms with Gasteiger partial charge in [-0.2, -0.15) is 4.68 Å². The van der Waals surface area contributed by atoms with Gasteiger partial charge in [0.15, 0.2) is 5.82 Å². The largest absolute Gasteiger partial charge is 0.342 e. The summed E-state index contributed by atoms with van der Waals surface area (Å²) in [5, 5.41) is 25.1. The van der Waals surface area contributed by atoms with E-state index in [-0.39, 0.29) is 11.6 Å². The number of hydrogen-bond acceptors (Lipinski definition) is 6. The molecule has 1 aromatic heterocycles. The molecule has 132 valence electrons. The van der Waals surface area contributed by atoms with Crippen LogP contribution >= 0.6 is 15.9 Å². The van der Waals surface area contributed by atoms with Gasteiger partial charge in [-0.15, -0.1) is 5.10 Å². The van der Waals surface area contributed by atoms with E-state index in [2.05, 4.69) is 36.8 Å². The van der Waals surface area contributed by atoms with Crippen molar-refractivity contribution in [1.82, 2.24) is 25.5 Å². The Morgan fingerprint density at radius 3 is 2.65 bits per heavy atom. The van der Waals surface area contributed by atoms with Crippen molar-refractivity contribution in [2.45, 2.75) is 13.0 Å². The van der Waals surface area contributed by atoms with Gasteiger partial charge < -0.3 is 5.32 Å². The summed E-state index contributed by atoms with van der Waals surface area (Å²) < 4.78 is 2.41. The van der Waals surface area contributed by atoms with E-state index < -0.39 is 11.0 Å². The van der Waals surface area contributed by atoms with E-state index in [1.165, 1.54) is 28.9 Å². The molecule has 3 rings (SSSR count). The van der Waals surface area contributed by atoms with Gasteiger partial charge in [0.05, 0.1) is 16.7 Å². The topological polar surface area (TPSA) is 116 Å². The van der Waals surface area contributed by atoms with Crippen LogP contribution < -0.4 is 5.32 Å². The summed E-state index contributed by atoms with van der Waals surface area (Å²) in [6, 6.07) is 12.3. The lowest BCUT2D eigenvalue weighted by Crippen LogP contribution is -2.28. The number of benzene rings is 2. The molecule has 1 N–H and O–H groups in total. The summed E-state index contributed by atoms with van der Waals surface area (Å²) in [6.07, 6.45) is 0. The first-order valence-electron chi connectivity index (χ1n) is 7.55. The summed E-state index contributed by atoms with van der Waals surface area (Å²) in [7, 11) is 0. The van der Waals surface area contributed by atoms with Crippen LogP contribution in [0, 0.1) is 10.1 Å². The molecule has 10 heteroatoms. The zero-order chi connectivity index (χ0) is 18.7. The van der Waals surface area contributed by atoms with Gasteiger partial charge in [0.25, 0.3) is 11.6 Å². The monoisotopic (exact) mass is 416 g/mol. The molecule has 0 spiro atoms. The molecule has 1 heterocycles. The predicted molar refractivity (Wildman–Crippen MR) is 95.8 cm³/mol. The van der Waals surface area contributed by atoms with E-state index in [9.17, 15) is 14.9 Å². The van der Waals surface area contributed by atoms with Gasteiger partial charge in [0.1, 0.15) is 0 Å². The SMILES string of the molecule is CC(NC(=O)c1ccc([N+](=O)[O-])cc1)c1nnnn1-c1cccc(Br)c1. The highest BCUT2D eigenvalue weighted by molar-refractivity contribution is 9.10. The first kappa shape index (κ1) is 17.7. The lowest BCUT2D eigenvalue weighted by molar-refractivity contribution is -0.384. The maximum atomic E-state index is 12.4. The molecule has 1 atom stereocenters. The number of carbonyl (C=O) groups is 1. The molecule has 0 aliphatic heterocycles. The van der Waals surface area contributed by atoms with E-state index in [1.54, 1.807) is 6.92 Å². The van der Waals surface area contributed by atoms with Crippen LogP contribution in [0.2, 0.25) is 0 Å². The predicted octanol–water partition coefficient (Wildman–Crippen LogP) is 2.82. The fraction of sp³-hybridized carbons (Fsp3) is 0.125. The highest BCUT2D eigenvalue weighted by Gasteiger charge is 2.19. The standard InChI is InChI=1S/C16H13BrN6O3/c1-10(18-16(24)11-5-7-13(8-6-11)23(25)26)15-19-20-21-22(15)14-4-2-3-12(17)9-14/h2-10H,1H3,(H,18,24). The van der Waals surface area contributed by atoms with Gasteiger partial charge in [-0.3, -0.25) is 14.9 Å². The average Bonchev–Trinajstić information content (AvgIpc) is 3.11. The number of aromatic nitrogens is 4. The number of halogens is 1. The molecule has 0 radical (unpaired) electrons. The van der Waals surface area contributed by atoms with Crippen LogP contribution in [-0.4, -0.2) is 31.0 Å². The Labute approximate surface area is 156 Å². The van der Waals surface area contributed by atoms with Crippen LogP contribution in [0.15, 0.2) is 53.0 Å². The second-order valence-corrected chi connectivity index (χ2v) is 6.34. The van der Waals surface area contributed by atoms with Crippen molar-refractivity contribution in [3.05, 3.63) is 74.5 Å². The minimum absolute atomic E-state index is 0.0757. The van der Waals surface area contributed by atoms with Crippen LogP contribution in [0.5, 0.6) is 0 Å². The number of rotatable bonds is 5. The van der Waals surface area contributed by atoms with E-state index >= 15 is 0 Å². The van der Waals surface area contributed by atoms with Crippen LogP contribution in [0.1, 0.15) is 29.1 Å².